The summed E-state index contributed by atoms with van der Waals surface area (Å²) in [6.45, 7) is 5.98. The highest BCUT2D eigenvalue weighted by Gasteiger charge is 2.48. The van der Waals surface area contributed by atoms with Crippen LogP contribution in [0.25, 0.3) is 5.76 Å². The molecule has 30 heavy (non-hydrogen) atoms. The second-order valence-electron chi connectivity index (χ2n) is 7.46. The van der Waals surface area contributed by atoms with Crippen LogP contribution in [0.1, 0.15) is 47.5 Å². The minimum atomic E-state index is -0.779. The Balaban J connectivity index is 1.91. The predicted octanol–water partition coefficient (Wildman–Crippen LogP) is 4.60. The van der Waals surface area contributed by atoms with E-state index in [1.807, 2.05) is 30.3 Å². The number of hydrogen-bond donors (Lipinski definition) is 1. The summed E-state index contributed by atoms with van der Waals surface area (Å²) in [7, 11) is 0. The van der Waals surface area contributed by atoms with Gasteiger partial charge in [-0.15, -0.1) is 10.2 Å². The molecular weight excluding hydrogens is 398 g/mol. The second kappa shape index (κ2) is 7.84. The fourth-order valence-electron chi connectivity index (χ4n) is 3.54. The Bertz CT molecular complexity index is 1130. The van der Waals surface area contributed by atoms with E-state index in [4.69, 9.17) is 0 Å². The minimum Gasteiger partial charge on any atom is -0.507 e. The van der Waals surface area contributed by atoms with Gasteiger partial charge in [-0.1, -0.05) is 79.8 Å². The maximum atomic E-state index is 13.0. The van der Waals surface area contributed by atoms with Crippen LogP contribution in [0.2, 0.25) is 0 Å². The Morgan fingerprint density at radius 2 is 1.70 bits per heavy atom. The van der Waals surface area contributed by atoms with Crippen molar-refractivity contribution in [2.75, 3.05) is 4.90 Å². The van der Waals surface area contributed by atoms with E-state index in [0.29, 0.717) is 21.6 Å². The molecule has 3 aromatic rings. The molecule has 152 valence electrons. The van der Waals surface area contributed by atoms with Gasteiger partial charge in [-0.05, 0) is 24.0 Å². The molecule has 0 radical (unpaired) electrons. The molecule has 7 heteroatoms. The highest BCUT2D eigenvalue weighted by atomic mass is 32.1. The molecule has 1 aliphatic rings. The molecule has 1 N–H and O–H groups in total. The highest BCUT2D eigenvalue weighted by Crippen LogP contribution is 2.43. The number of Topliss-reactive ketones (excluding diaryl/α,β-unsaturated/α-hetero) is 1. The van der Waals surface area contributed by atoms with Gasteiger partial charge in [-0.25, -0.2) is 0 Å². The third-order valence-electron chi connectivity index (χ3n) is 5.13. The summed E-state index contributed by atoms with van der Waals surface area (Å²) in [5, 5.41) is 20.1. The van der Waals surface area contributed by atoms with E-state index >= 15 is 0 Å². The van der Waals surface area contributed by atoms with E-state index < -0.39 is 17.7 Å². The van der Waals surface area contributed by atoms with Crippen molar-refractivity contribution in [1.82, 2.24) is 10.2 Å². The summed E-state index contributed by atoms with van der Waals surface area (Å²) in [6, 6.07) is 15.7. The van der Waals surface area contributed by atoms with Gasteiger partial charge in [-0.2, -0.15) is 0 Å². The number of aliphatic hydroxyl groups is 1. The number of ketones is 1. The summed E-state index contributed by atoms with van der Waals surface area (Å²) in [5.41, 5.74) is 2.40. The van der Waals surface area contributed by atoms with E-state index in [1.165, 1.54) is 16.2 Å². The Morgan fingerprint density at radius 3 is 2.27 bits per heavy atom. The molecule has 0 bridgehead atoms. The van der Waals surface area contributed by atoms with Crippen molar-refractivity contribution in [2.24, 2.45) is 0 Å². The van der Waals surface area contributed by atoms with E-state index in [0.717, 1.165) is 11.1 Å². The zero-order chi connectivity index (χ0) is 21.4. The smallest absolute Gasteiger partial charge is 0.301 e. The quantitative estimate of drug-likeness (QED) is 0.380. The molecule has 0 aliphatic carbocycles. The number of anilines is 1. The zero-order valence-electron chi connectivity index (χ0n) is 16.9. The Kier molecular flexibility index (Phi) is 5.22. The molecule has 1 aliphatic heterocycles. The van der Waals surface area contributed by atoms with Crippen molar-refractivity contribution in [1.29, 1.82) is 0 Å². The van der Waals surface area contributed by atoms with Crippen LogP contribution < -0.4 is 4.90 Å². The normalized spacial score (nSPS) is 18.4. The molecule has 1 unspecified atom stereocenters. The van der Waals surface area contributed by atoms with Crippen molar-refractivity contribution in [3.05, 3.63) is 81.9 Å². The first-order valence-electron chi connectivity index (χ1n) is 9.65. The first kappa shape index (κ1) is 20.0. The summed E-state index contributed by atoms with van der Waals surface area (Å²) >= 11 is 1.23. The number of aromatic nitrogens is 2. The molecular formula is C23H21N3O3S. The summed E-state index contributed by atoms with van der Waals surface area (Å²) in [5.74, 6) is -1.31. The SMILES string of the molecule is Cc1nnc(N2C(=O)C(=O)/C(=C(/O)c3ccccc3)C2c2ccc(C(C)C)cc2)s1. The van der Waals surface area contributed by atoms with E-state index in [2.05, 4.69) is 24.0 Å². The van der Waals surface area contributed by atoms with Gasteiger partial charge < -0.3 is 5.11 Å². The van der Waals surface area contributed by atoms with Crippen LogP contribution >= 0.6 is 11.3 Å². The number of nitrogens with zero attached hydrogens (tertiary/aromatic N) is 3. The van der Waals surface area contributed by atoms with Gasteiger partial charge in [0.1, 0.15) is 10.8 Å². The molecule has 2 aromatic carbocycles. The lowest BCUT2D eigenvalue weighted by atomic mass is 9.93. The maximum absolute atomic E-state index is 13.0. The number of aryl methyl sites for hydroxylation is 1. The first-order chi connectivity index (χ1) is 14.4. The highest BCUT2D eigenvalue weighted by molar-refractivity contribution is 7.15. The average Bonchev–Trinajstić information content (AvgIpc) is 3.29. The minimum absolute atomic E-state index is 0.0522. The second-order valence-corrected chi connectivity index (χ2v) is 8.62. The van der Waals surface area contributed by atoms with Crippen LogP contribution in [0, 0.1) is 6.92 Å². The standard InChI is InChI=1S/C23H21N3O3S/c1-13(2)15-9-11-16(12-10-15)19-18(20(27)17-7-5-4-6-8-17)21(28)22(29)26(19)23-25-24-14(3)30-23/h4-13,19,27H,1-3H3/b20-18+. The molecule has 1 fully saturated rings. The van der Waals surface area contributed by atoms with Crippen LogP contribution in [-0.4, -0.2) is 27.0 Å². The van der Waals surface area contributed by atoms with Gasteiger partial charge in [-0.3, -0.25) is 14.5 Å². The molecule has 1 amide bonds. The van der Waals surface area contributed by atoms with Gasteiger partial charge in [0.15, 0.2) is 0 Å². The fraction of sp³-hybridized carbons (Fsp3) is 0.217. The van der Waals surface area contributed by atoms with Crippen molar-refractivity contribution in [2.45, 2.75) is 32.7 Å². The number of aliphatic hydroxyl groups excluding tert-OH is 1. The lowest BCUT2D eigenvalue weighted by molar-refractivity contribution is -0.132. The van der Waals surface area contributed by atoms with Crippen LogP contribution in [0.3, 0.4) is 0 Å². The first-order valence-corrected chi connectivity index (χ1v) is 10.5. The van der Waals surface area contributed by atoms with Crippen LogP contribution in [0.5, 0.6) is 0 Å². The number of carbonyl (C=O) groups excluding carboxylic acids is 2. The number of benzene rings is 2. The fourth-order valence-corrected chi connectivity index (χ4v) is 4.26. The molecule has 1 aromatic heterocycles. The van der Waals surface area contributed by atoms with Crippen LogP contribution in [0.15, 0.2) is 60.2 Å². The summed E-state index contributed by atoms with van der Waals surface area (Å²) < 4.78 is 0. The van der Waals surface area contributed by atoms with Gasteiger partial charge in [0, 0.05) is 5.56 Å². The van der Waals surface area contributed by atoms with Crippen molar-refractivity contribution in [3.63, 3.8) is 0 Å². The Labute approximate surface area is 178 Å². The zero-order valence-corrected chi connectivity index (χ0v) is 17.7. The number of rotatable bonds is 4. The molecule has 0 saturated carbocycles. The summed E-state index contributed by atoms with van der Waals surface area (Å²) in [6.07, 6.45) is 0. The average molecular weight is 420 g/mol. The lowest BCUT2D eigenvalue weighted by Gasteiger charge is -2.23. The predicted molar refractivity (Wildman–Crippen MR) is 116 cm³/mol. The molecule has 2 heterocycles. The molecule has 6 nitrogen and oxygen atoms in total. The van der Waals surface area contributed by atoms with Gasteiger partial charge in [0.2, 0.25) is 5.13 Å². The third-order valence-corrected chi connectivity index (χ3v) is 5.97. The van der Waals surface area contributed by atoms with E-state index in [1.54, 1.807) is 31.2 Å². The van der Waals surface area contributed by atoms with E-state index in [-0.39, 0.29) is 11.3 Å². The van der Waals surface area contributed by atoms with E-state index in [9.17, 15) is 14.7 Å². The molecule has 1 saturated heterocycles. The largest absolute Gasteiger partial charge is 0.507 e. The van der Waals surface area contributed by atoms with Crippen molar-refractivity contribution < 1.29 is 14.7 Å². The monoisotopic (exact) mass is 419 g/mol. The van der Waals surface area contributed by atoms with Gasteiger partial charge in [0.25, 0.3) is 5.78 Å². The Hall–Kier alpha value is -3.32. The third kappa shape index (κ3) is 3.41. The lowest BCUT2D eigenvalue weighted by Crippen LogP contribution is -2.29. The summed E-state index contributed by atoms with van der Waals surface area (Å²) in [4.78, 5) is 27.3. The van der Waals surface area contributed by atoms with Crippen molar-refractivity contribution in [3.8, 4) is 0 Å². The number of hydrogen-bond acceptors (Lipinski definition) is 6. The van der Waals surface area contributed by atoms with Gasteiger partial charge in [0.05, 0.1) is 11.6 Å². The van der Waals surface area contributed by atoms with Crippen LogP contribution in [-0.2, 0) is 9.59 Å². The molecule has 4 rings (SSSR count). The van der Waals surface area contributed by atoms with Crippen LogP contribution in [0.4, 0.5) is 5.13 Å². The molecule has 0 spiro atoms. The Morgan fingerprint density at radius 1 is 1.03 bits per heavy atom. The topological polar surface area (TPSA) is 83.4 Å². The number of carbonyl (C=O) groups is 2. The maximum Gasteiger partial charge on any atom is 0.301 e. The molecule has 1 atom stereocenters. The van der Waals surface area contributed by atoms with Crippen molar-refractivity contribution >= 4 is 33.9 Å². The number of amides is 1. The van der Waals surface area contributed by atoms with Gasteiger partial charge >= 0.3 is 5.91 Å².